The van der Waals surface area contributed by atoms with Gasteiger partial charge in [-0.2, -0.15) is 0 Å². The first kappa shape index (κ1) is 9.54. The van der Waals surface area contributed by atoms with E-state index in [-0.39, 0.29) is 0 Å². The van der Waals surface area contributed by atoms with E-state index in [1.807, 2.05) is 19.2 Å². The molecule has 3 heterocycles. The third kappa shape index (κ3) is 1.27. The molecule has 0 aliphatic carbocycles. The number of hydrogen-bond acceptors (Lipinski definition) is 3. The van der Waals surface area contributed by atoms with E-state index >= 15 is 0 Å². The average molecular weight is 214 g/mol. The second-order valence-corrected chi connectivity index (χ2v) is 4.11. The van der Waals surface area contributed by atoms with Crippen molar-refractivity contribution in [1.29, 1.82) is 0 Å². The van der Waals surface area contributed by atoms with Crippen LogP contribution in [0.15, 0.2) is 18.3 Å². The average Bonchev–Trinajstić information content (AvgIpc) is 2.71. The molecule has 2 aromatic heterocycles. The number of rotatable bonds is 1. The van der Waals surface area contributed by atoms with E-state index < -0.39 is 0 Å². The van der Waals surface area contributed by atoms with Gasteiger partial charge >= 0.3 is 0 Å². The summed E-state index contributed by atoms with van der Waals surface area (Å²) in [5.74, 6) is 0.959. The number of aryl methyl sites for hydroxylation is 2. The van der Waals surface area contributed by atoms with Crippen LogP contribution in [0.1, 0.15) is 17.2 Å². The van der Waals surface area contributed by atoms with E-state index in [1.165, 1.54) is 11.3 Å². The van der Waals surface area contributed by atoms with Crippen molar-refractivity contribution in [2.24, 2.45) is 5.73 Å². The number of pyridine rings is 1. The normalized spacial score (nSPS) is 13.4. The smallest absolute Gasteiger partial charge is 0.122 e. The van der Waals surface area contributed by atoms with Crippen molar-refractivity contribution >= 4 is 0 Å². The van der Waals surface area contributed by atoms with Crippen molar-refractivity contribution in [1.82, 2.24) is 14.5 Å². The number of nitrogens with two attached hydrogens (primary N) is 1. The lowest BCUT2D eigenvalue weighted by atomic mass is 10.0. The van der Waals surface area contributed by atoms with E-state index in [9.17, 15) is 0 Å². The highest BCUT2D eigenvalue weighted by Gasteiger charge is 2.19. The Morgan fingerprint density at radius 1 is 1.44 bits per heavy atom. The highest BCUT2D eigenvalue weighted by atomic mass is 15.1. The third-order valence-electron chi connectivity index (χ3n) is 3.08. The number of fused-ring (bicyclic) bond motifs is 3. The van der Waals surface area contributed by atoms with Gasteiger partial charge < -0.3 is 10.3 Å². The number of nitrogens with zero attached hydrogens (tertiary/aromatic N) is 3. The minimum absolute atomic E-state index is 0.495. The maximum atomic E-state index is 5.66. The van der Waals surface area contributed by atoms with E-state index in [1.54, 1.807) is 0 Å². The second kappa shape index (κ2) is 3.42. The largest absolute Gasteiger partial charge is 0.326 e. The second-order valence-electron chi connectivity index (χ2n) is 4.11. The van der Waals surface area contributed by atoms with Gasteiger partial charge in [-0.25, -0.2) is 4.98 Å². The van der Waals surface area contributed by atoms with Crippen LogP contribution in [-0.2, 0) is 19.5 Å². The predicted molar refractivity (Wildman–Crippen MR) is 61.8 cm³/mol. The van der Waals surface area contributed by atoms with Gasteiger partial charge in [-0.3, -0.25) is 4.98 Å². The lowest BCUT2D eigenvalue weighted by Gasteiger charge is -2.19. The van der Waals surface area contributed by atoms with Gasteiger partial charge in [0.2, 0.25) is 0 Å². The molecule has 0 fully saturated rings. The molecule has 82 valence electrons. The Balaban J connectivity index is 2.20. The lowest BCUT2D eigenvalue weighted by Crippen LogP contribution is -2.16. The summed E-state index contributed by atoms with van der Waals surface area (Å²) >= 11 is 0. The van der Waals surface area contributed by atoms with Crippen molar-refractivity contribution in [3.05, 3.63) is 35.5 Å². The molecule has 2 aromatic rings. The van der Waals surface area contributed by atoms with Gasteiger partial charge in [-0.1, -0.05) is 0 Å². The molecule has 0 saturated heterocycles. The maximum Gasteiger partial charge on any atom is 0.122 e. The zero-order valence-corrected chi connectivity index (χ0v) is 9.27. The first-order chi connectivity index (χ1) is 7.79. The van der Waals surface area contributed by atoms with Crippen LogP contribution in [0.5, 0.6) is 0 Å². The fourth-order valence-electron chi connectivity index (χ4n) is 2.29. The van der Waals surface area contributed by atoms with E-state index in [4.69, 9.17) is 5.73 Å². The number of hydrogen-bond donors (Lipinski definition) is 1. The number of aromatic nitrogens is 3. The van der Waals surface area contributed by atoms with Gasteiger partial charge in [0, 0.05) is 24.2 Å². The first-order valence-corrected chi connectivity index (χ1v) is 5.51. The van der Waals surface area contributed by atoms with Gasteiger partial charge in [-0.15, -0.1) is 0 Å². The van der Waals surface area contributed by atoms with Gasteiger partial charge in [0.15, 0.2) is 0 Å². The summed E-state index contributed by atoms with van der Waals surface area (Å²) in [5.41, 5.74) is 10.3. The molecule has 1 aliphatic rings. The van der Waals surface area contributed by atoms with Gasteiger partial charge in [0.1, 0.15) is 5.82 Å². The molecule has 0 saturated carbocycles. The quantitative estimate of drug-likeness (QED) is 0.777. The molecule has 0 unspecified atom stereocenters. The molecule has 0 radical (unpaired) electrons. The van der Waals surface area contributed by atoms with Crippen molar-refractivity contribution in [2.45, 2.75) is 26.4 Å². The summed E-state index contributed by atoms with van der Waals surface area (Å²) in [6.45, 7) is 3.46. The van der Waals surface area contributed by atoms with Crippen molar-refractivity contribution in [3.63, 3.8) is 0 Å². The van der Waals surface area contributed by atoms with E-state index in [0.29, 0.717) is 6.54 Å². The Bertz CT molecular complexity index is 542. The summed E-state index contributed by atoms with van der Waals surface area (Å²) in [5, 5.41) is 0. The van der Waals surface area contributed by atoms with Gasteiger partial charge in [-0.05, 0) is 19.1 Å². The Labute approximate surface area is 94.1 Å². The molecular weight excluding hydrogens is 200 g/mol. The van der Waals surface area contributed by atoms with E-state index in [0.717, 1.165) is 30.2 Å². The Hall–Kier alpha value is -1.68. The molecule has 2 N–H and O–H groups in total. The van der Waals surface area contributed by atoms with Gasteiger partial charge in [0.05, 0.1) is 24.1 Å². The fraction of sp³-hybridized carbons (Fsp3) is 0.333. The van der Waals surface area contributed by atoms with Crippen LogP contribution in [0.2, 0.25) is 0 Å². The monoisotopic (exact) mass is 214 g/mol. The molecule has 0 amide bonds. The first-order valence-electron chi connectivity index (χ1n) is 5.51. The van der Waals surface area contributed by atoms with Crippen LogP contribution < -0.4 is 5.73 Å². The maximum absolute atomic E-state index is 5.66. The molecule has 0 spiro atoms. The Morgan fingerprint density at radius 3 is 3.12 bits per heavy atom. The van der Waals surface area contributed by atoms with Crippen LogP contribution in [0.4, 0.5) is 0 Å². The minimum Gasteiger partial charge on any atom is -0.326 e. The van der Waals surface area contributed by atoms with Crippen LogP contribution in [0.25, 0.3) is 11.3 Å². The Morgan fingerprint density at radius 2 is 2.31 bits per heavy atom. The molecule has 4 nitrogen and oxygen atoms in total. The summed E-state index contributed by atoms with van der Waals surface area (Å²) < 4.78 is 2.19. The molecule has 0 atom stereocenters. The molecule has 0 bridgehead atoms. The third-order valence-corrected chi connectivity index (χ3v) is 3.08. The topological polar surface area (TPSA) is 56.7 Å². The predicted octanol–water partition coefficient (Wildman–Crippen LogP) is 1.27. The molecular formula is C12H14N4. The Kier molecular flexibility index (Phi) is 2.04. The summed E-state index contributed by atoms with van der Waals surface area (Å²) in [6.07, 6.45) is 2.87. The minimum atomic E-state index is 0.495. The molecule has 1 aliphatic heterocycles. The molecule has 3 rings (SSSR count). The molecule has 0 aromatic carbocycles. The lowest BCUT2D eigenvalue weighted by molar-refractivity contribution is 0.633. The van der Waals surface area contributed by atoms with Gasteiger partial charge in [0.25, 0.3) is 0 Å². The molecule has 4 heteroatoms. The standard InChI is InChI=1S/C12H14N4/c1-8-2-3-9-10(15-8)4-5-16-11(9)7-14-12(16)6-13/h2-3,7H,4-6,13H2,1H3. The van der Waals surface area contributed by atoms with E-state index in [2.05, 4.69) is 20.6 Å². The van der Waals surface area contributed by atoms with Crippen LogP contribution in [0.3, 0.4) is 0 Å². The van der Waals surface area contributed by atoms with Crippen LogP contribution >= 0.6 is 0 Å². The SMILES string of the molecule is Cc1ccc2c(n1)CCn1c-2cnc1CN. The fourth-order valence-corrected chi connectivity index (χ4v) is 2.29. The van der Waals surface area contributed by atoms with Crippen LogP contribution in [0, 0.1) is 6.92 Å². The number of imidazole rings is 1. The van der Waals surface area contributed by atoms with Crippen molar-refractivity contribution in [3.8, 4) is 11.3 Å². The van der Waals surface area contributed by atoms with Crippen LogP contribution in [-0.4, -0.2) is 14.5 Å². The highest BCUT2D eigenvalue weighted by molar-refractivity contribution is 5.64. The van der Waals surface area contributed by atoms with Crippen molar-refractivity contribution in [2.75, 3.05) is 0 Å². The summed E-state index contributed by atoms with van der Waals surface area (Å²) in [6, 6.07) is 4.17. The summed E-state index contributed by atoms with van der Waals surface area (Å²) in [7, 11) is 0. The highest BCUT2D eigenvalue weighted by Crippen LogP contribution is 2.29. The zero-order valence-electron chi connectivity index (χ0n) is 9.27. The summed E-state index contributed by atoms with van der Waals surface area (Å²) in [4.78, 5) is 8.92. The molecule has 16 heavy (non-hydrogen) atoms. The zero-order chi connectivity index (χ0) is 11.1. The van der Waals surface area contributed by atoms with Crippen molar-refractivity contribution < 1.29 is 0 Å².